The van der Waals surface area contributed by atoms with E-state index in [1.165, 1.54) is 22.8 Å². The maximum Gasteiger partial charge on any atom is 0.285 e. The Hall–Kier alpha value is -2.49. The van der Waals surface area contributed by atoms with Gasteiger partial charge in [-0.25, -0.2) is 0 Å². The number of aromatic nitrogens is 1. The van der Waals surface area contributed by atoms with Gasteiger partial charge in [-0.15, -0.1) is 4.40 Å². The van der Waals surface area contributed by atoms with Crippen LogP contribution in [-0.4, -0.2) is 24.5 Å². The van der Waals surface area contributed by atoms with Crippen molar-refractivity contribution >= 4 is 61.2 Å². The van der Waals surface area contributed by atoms with Crippen molar-refractivity contribution in [2.75, 3.05) is 0 Å². The highest BCUT2D eigenvalue weighted by Gasteiger charge is 2.26. The zero-order valence-electron chi connectivity index (χ0n) is 13.1. The van der Waals surface area contributed by atoms with Gasteiger partial charge in [0.15, 0.2) is 5.17 Å². The van der Waals surface area contributed by atoms with E-state index in [1.54, 1.807) is 17.7 Å². The summed E-state index contributed by atoms with van der Waals surface area (Å²) < 4.78 is 28.1. The molecule has 0 radical (unpaired) electrons. The van der Waals surface area contributed by atoms with Crippen LogP contribution in [0.15, 0.2) is 67.6 Å². The number of thioether (sulfide) groups is 1. The van der Waals surface area contributed by atoms with E-state index < -0.39 is 10.0 Å². The molecule has 1 amide bonds. The third-order valence-corrected chi connectivity index (χ3v) is 6.70. The Morgan fingerprint density at radius 2 is 2.08 bits per heavy atom. The lowest BCUT2D eigenvalue weighted by Gasteiger charge is -1.99. The van der Waals surface area contributed by atoms with Crippen molar-refractivity contribution in [3.63, 3.8) is 0 Å². The van der Waals surface area contributed by atoms with E-state index in [2.05, 4.69) is 14.7 Å². The summed E-state index contributed by atoms with van der Waals surface area (Å²) in [6.45, 7) is 0. The summed E-state index contributed by atoms with van der Waals surface area (Å²) in [5.41, 5.74) is 1.69. The highest BCUT2D eigenvalue weighted by atomic mass is 32.2. The second-order valence-electron chi connectivity index (χ2n) is 5.35. The van der Waals surface area contributed by atoms with E-state index in [0.29, 0.717) is 4.91 Å². The monoisotopic (exact) mass is 401 g/mol. The molecule has 1 aliphatic rings. The van der Waals surface area contributed by atoms with Crippen LogP contribution in [0.1, 0.15) is 5.56 Å². The minimum Gasteiger partial charge on any atom is -0.300 e. The van der Waals surface area contributed by atoms with E-state index in [9.17, 15) is 13.2 Å². The van der Waals surface area contributed by atoms with E-state index >= 15 is 0 Å². The molecule has 1 fully saturated rings. The average Bonchev–Trinajstić information content (AvgIpc) is 3.26. The molecule has 3 aromatic rings. The van der Waals surface area contributed by atoms with E-state index in [4.69, 9.17) is 0 Å². The van der Waals surface area contributed by atoms with Crippen LogP contribution < -0.4 is 5.32 Å². The Morgan fingerprint density at radius 3 is 2.88 bits per heavy atom. The van der Waals surface area contributed by atoms with Crippen molar-refractivity contribution in [2.45, 2.75) is 4.90 Å². The number of rotatable bonds is 3. The van der Waals surface area contributed by atoms with Crippen molar-refractivity contribution in [2.24, 2.45) is 4.40 Å². The number of carbonyl (C=O) groups excluding carboxylic acids is 1. The lowest BCUT2D eigenvalue weighted by Crippen LogP contribution is -2.20. The van der Waals surface area contributed by atoms with Gasteiger partial charge in [0.25, 0.3) is 15.9 Å². The molecule has 26 heavy (non-hydrogen) atoms. The summed E-state index contributed by atoms with van der Waals surface area (Å²) in [6, 6.07) is 10.9. The Balaban J connectivity index is 1.63. The van der Waals surface area contributed by atoms with Gasteiger partial charge in [-0.1, -0.05) is 12.1 Å². The summed E-state index contributed by atoms with van der Waals surface area (Å²) in [5, 5.41) is 6.67. The second-order valence-corrected chi connectivity index (χ2v) is 8.77. The standard InChI is InChI=1S/C17H11N3O3S3/c21-16-15(9-11-3-4-14-12(8-11)2-1-6-18-14)25-17(19-16)20-26(22,23)13-5-7-24-10-13/h1-10H,(H,19,20,21). The summed E-state index contributed by atoms with van der Waals surface area (Å²) in [5.74, 6) is -0.374. The van der Waals surface area contributed by atoms with Crippen molar-refractivity contribution in [1.29, 1.82) is 0 Å². The highest BCUT2D eigenvalue weighted by molar-refractivity contribution is 8.19. The molecule has 130 valence electrons. The Bertz CT molecular complexity index is 1170. The van der Waals surface area contributed by atoms with Crippen LogP contribution in [0.3, 0.4) is 0 Å². The number of fused-ring (bicyclic) bond motifs is 1. The fourth-order valence-electron chi connectivity index (χ4n) is 2.37. The molecule has 0 unspecified atom stereocenters. The molecule has 1 aliphatic heterocycles. The highest BCUT2D eigenvalue weighted by Crippen LogP contribution is 2.28. The molecule has 1 N–H and O–H groups in total. The van der Waals surface area contributed by atoms with Gasteiger partial charge >= 0.3 is 0 Å². The molecule has 0 bridgehead atoms. The summed E-state index contributed by atoms with van der Waals surface area (Å²) in [7, 11) is -3.82. The molecular formula is C17H11N3O3S3. The quantitative estimate of drug-likeness (QED) is 0.681. The smallest absolute Gasteiger partial charge is 0.285 e. The van der Waals surface area contributed by atoms with Crippen molar-refractivity contribution < 1.29 is 13.2 Å². The maximum atomic E-state index is 12.2. The number of carbonyl (C=O) groups is 1. The molecule has 4 rings (SSSR count). The van der Waals surface area contributed by atoms with Crippen LogP contribution in [-0.2, 0) is 14.8 Å². The molecule has 0 spiro atoms. The lowest BCUT2D eigenvalue weighted by atomic mass is 10.1. The minimum absolute atomic E-state index is 0.0508. The molecule has 2 aromatic heterocycles. The topological polar surface area (TPSA) is 88.5 Å². The minimum atomic E-state index is -3.82. The van der Waals surface area contributed by atoms with Gasteiger partial charge in [0.2, 0.25) is 0 Å². The Morgan fingerprint density at radius 1 is 1.19 bits per heavy atom. The normalized spacial score (nSPS) is 17.9. The molecule has 9 heteroatoms. The Labute approximate surface area is 157 Å². The first kappa shape index (κ1) is 17.0. The van der Waals surface area contributed by atoms with Crippen molar-refractivity contribution in [3.05, 3.63) is 63.8 Å². The molecule has 1 saturated heterocycles. The third kappa shape index (κ3) is 3.41. The molecule has 1 aromatic carbocycles. The van der Waals surface area contributed by atoms with Gasteiger partial charge in [-0.3, -0.25) is 15.1 Å². The first-order valence-corrected chi connectivity index (χ1v) is 10.6. The predicted molar refractivity (Wildman–Crippen MR) is 104 cm³/mol. The number of benzene rings is 1. The van der Waals surface area contributed by atoms with Gasteiger partial charge in [0, 0.05) is 17.0 Å². The van der Waals surface area contributed by atoms with Crippen LogP contribution in [0.25, 0.3) is 17.0 Å². The number of sulfonamides is 1. The molecule has 0 saturated carbocycles. The van der Waals surface area contributed by atoms with Crippen LogP contribution in [0.5, 0.6) is 0 Å². The third-order valence-electron chi connectivity index (χ3n) is 3.57. The zero-order chi connectivity index (χ0) is 18.1. The Kier molecular flexibility index (Phi) is 4.35. The fraction of sp³-hybridized carbons (Fsp3) is 0. The maximum absolute atomic E-state index is 12.2. The van der Waals surface area contributed by atoms with Gasteiger partial charge in [-0.05, 0) is 53.0 Å². The number of amidine groups is 1. The first-order valence-electron chi connectivity index (χ1n) is 7.44. The van der Waals surface area contributed by atoms with Crippen LogP contribution in [0.4, 0.5) is 0 Å². The van der Waals surface area contributed by atoms with Gasteiger partial charge in [0.1, 0.15) is 4.90 Å². The first-order chi connectivity index (χ1) is 12.5. The van der Waals surface area contributed by atoms with E-state index in [1.807, 2.05) is 30.3 Å². The van der Waals surface area contributed by atoms with Gasteiger partial charge < -0.3 is 0 Å². The number of thiophene rings is 1. The number of pyridine rings is 1. The molecule has 0 atom stereocenters. The molecular weight excluding hydrogens is 390 g/mol. The van der Waals surface area contributed by atoms with Crippen LogP contribution in [0.2, 0.25) is 0 Å². The van der Waals surface area contributed by atoms with E-state index in [-0.39, 0.29) is 16.0 Å². The SMILES string of the molecule is O=C1NC(=NS(=O)(=O)c2ccsc2)SC1=Cc1ccc2ncccc2c1. The lowest BCUT2D eigenvalue weighted by molar-refractivity contribution is -0.115. The van der Waals surface area contributed by atoms with Crippen molar-refractivity contribution in [3.8, 4) is 0 Å². The van der Waals surface area contributed by atoms with Crippen LogP contribution in [0, 0.1) is 0 Å². The summed E-state index contributed by atoms with van der Waals surface area (Å²) >= 11 is 2.27. The summed E-state index contributed by atoms with van der Waals surface area (Å²) in [6.07, 6.45) is 3.42. The van der Waals surface area contributed by atoms with Gasteiger partial charge in [0.05, 0.1) is 10.4 Å². The zero-order valence-corrected chi connectivity index (χ0v) is 15.6. The predicted octanol–water partition coefficient (Wildman–Crippen LogP) is 3.25. The summed E-state index contributed by atoms with van der Waals surface area (Å²) in [4.78, 5) is 16.9. The molecule has 0 aliphatic carbocycles. The van der Waals surface area contributed by atoms with Gasteiger partial charge in [-0.2, -0.15) is 19.8 Å². The van der Waals surface area contributed by atoms with Crippen LogP contribution >= 0.6 is 23.1 Å². The second kappa shape index (κ2) is 6.67. The van der Waals surface area contributed by atoms with Crippen molar-refractivity contribution in [1.82, 2.24) is 10.3 Å². The number of hydrogen-bond acceptors (Lipinski definition) is 6. The number of nitrogens with one attached hydrogen (secondary N) is 1. The largest absolute Gasteiger partial charge is 0.300 e. The van der Waals surface area contributed by atoms with E-state index in [0.717, 1.165) is 28.2 Å². The molecule has 6 nitrogen and oxygen atoms in total. The average molecular weight is 401 g/mol. The number of nitrogens with zero attached hydrogens (tertiary/aromatic N) is 2. The molecule has 3 heterocycles. The number of amides is 1. The number of hydrogen-bond donors (Lipinski definition) is 1. The fourth-order valence-corrected chi connectivity index (χ4v) is 5.37.